The maximum Gasteiger partial charge on any atom is 0.0877 e. The number of hydrogen-bond acceptors (Lipinski definition) is 4. The molecule has 5 heteroatoms. The molecule has 0 radical (unpaired) electrons. The minimum Gasteiger partial charge on any atom is -0.373 e. The molecule has 2 aromatic rings. The highest BCUT2D eigenvalue weighted by Gasteiger charge is 2.36. The molecule has 2 heterocycles. The molecule has 0 bridgehead atoms. The van der Waals surface area contributed by atoms with Gasteiger partial charge in [-0.15, -0.1) is 0 Å². The van der Waals surface area contributed by atoms with E-state index in [1.54, 1.807) is 0 Å². The summed E-state index contributed by atoms with van der Waals surface area (Å²) < 4.78 is 7.79. The highest BCUT2D eigenvalue weighted by molar-refractivity contribution is 9.10. The third-order valence-electron chi connectivity index (χ3n) is 7.05. The number of piperidine rings is 1. The summed E-state index contributed by atoms with van der Waals surface area (Å²) in [7, 11) is 0. The summed E-state index contributed by atoms with van der Waals surface area (Å²) >= 11 is 3.72. The van der Waals surface area contributed by atoms with Crippen LogP contribution in [0.15, 0.2) is 46.9 Å². The lowest BCUT2D eigenvalue weighted by Crippen LogP contribution is -2.43. The van der Waals surface area contributed by atoms with Crippen molar-refractivity contribution in [2.24, 2.45) is 5.92 Å². The molecule has 0 amide bonds. The summed E-state index contributed by atoms with van der Waals surface area (Å²) in [6.07, 6.45) is 5.04. The highest BCUT2D eigenvalue weighted by Crippen LogP contribution is 2.44. The van der Waals surface area contributed by atoms with Crippen molar-refractivity contribution >= 4 is 27.3 Å². The second-order valence-electron chi connectivity index (χ2n) is 9.24. The molecule has 1 aliphatic carbocycles. The van der Waals surface area contributed by atoms with E-state index in [9.17, 15) is 0 Å². The molecule has 1 unspecified atom stereocenters. The van der Waals surface area contributed by atoms with Gasteiger partial charge >= 0.3 is 0 Å². The van der Waals surface area contributed by atoms with E-state index in [1.165, 1.54) is 35.3 Å². The summed E-state index contributed by atoms with van der Waals surface area (Å²) in [5.41, 5.74) is 5.38. The molecule has 2 aromatic carbocycles. The van der Waals surface area contributed by atoms with Crippen LogP contribution in [0.3, 0.4) is 0 Å². The number of halogens is 1. The summed E-state index contributed by atoms with van der Waals surface area (Å²) in [4.78, 5) is 2.52. The largest absolute Gasteiger partial charge is 0.373 e. The summed E-state index contributed by atoms with van der Waals surface area (Å²) in [5, 5.41) is 7.11. The van der Waals surface area contributed by atoms with Gasteiger partial charge in [0.05, 0.1) is 30.8 Å². The molecule has 0 aromatic heterocycles. The number of nitrogens with zero attached hydrogens (tertiary/aromatic N) is 1. The van der Waals surface area contributed by atoms with Gasteiger partial charge in [-0.05, 0) is 69.3 Å². The zero-order valence-electron chi connectivity index (χ0n) is 17.8. The van der Waals surface area contributed by atoms with Crippen LogP contribution in [0.25, 0.3) is 0 Å². The number of hydrogen-bond donors (Lipinski definition) is 2. The van der Waals surface area contributed by atoms with Gasteiger partial charge < -0.3 is 20.3 Å². The van der Waals surface area contributed by atoms with Crippen LogP contribution in [0, 0.1) is 5.92 Å². The Morgan fingerprint density at radius 1 is 1.17 bits per heavy atom. The highest BCUT2D eigenvalue weighted by atomic mass is 79.9. The van der Waals surface area contributed by atoms with Crippen LogP contribution in [0.2, 0.25) is 0 Å². The summed E-state index contributed by atoms with van der Waals surface area (Å²) in [6, 6.07) is 15.4. The van der Waals surface area contributed by atoms with Crippen LogP contribution in [0.4, 0.5) is 11.4 Å². The van der Waals surface area contributed by atoms with E-state index in [2.05, 4.69) is 80.9 Å². The second kappa shape index (κ2) is 8.52. The zero-order chi connectivity index (χ0) is 20.6. The average molecular weight is 470 g/mol. The fourth-order valence-corrected chi connectivity index (χ4v) is 5.51. The van der Waals surface area contributed by atoms with Gasteiger partial charge in [-0.3, -0.25) is 0 Å². The maximum absolute atomic E-state index is 6.67. The molecule has 160 valence electrons. The van der Waals surface area contributed by atoms with Gasteiger partial charge in [0.2, 0.25) is 0 Å². The predicted molar refractivity (Wildman–Crippen MR) is 127 cm³/mol. The van der Waals surface area contributed by atoms with Crippen molar-refractivity contribution in [1.29, 1.82) is 0 Å². The van der Waals surface area contributed by atoms with Crippen LogP contribution >= 0.6 is 15.9 Å². The molecule has 2 fully saturated rings. The lowest BCUT2D eigenvalue weighted by molar-refractivity contribution is 0.0169. The Balaban J connectivity index is 1.38. The topological polar surface area (TPSA) is 36.5 Å². The zero-order valence-corrected chi connectivity index (χ0v) is 19.4. The van der Waals surface area contributed by atoms with E-state index in [1.807, 2.05) is 0 Å². The third-order valence-corrected chi connectivity index (χ3v) is 7.51. The Morgan fingerprint density at radius 2 is 1.93 bits per heavy atom. The van der Waals surface area contributed by atoms with Crippen LogP contribution in [-0.2, 0) is 10.2 Å². The van der Waals surface area contributed by atoms with Crippen molar-refractivity contribution in [2.45, 2.75) is 44.1 Å². The molecule has 0 spiro atoms. The summed E-state index contributed by atoms with van der Waals surface area (Å²) in [6.45, 7) is 7.14. The van der Waals surface area contributed by atoms with Crippen molar-refractivity contribution in [3.05, 3.63) is 58.1 Å². The normalized spacial score (nSPS) is 21.2. The molecule has 5 rings (SSSR count). The van der Waals surface area contributed by atoms with Crippen molar-refractivity contribution in [3.63, 3.8) is 0 Å². The number of nitrogens with one attached hydrogen (secondary N) is 2. The minimum absolute atomic E-state index is 0.0494. The fraction of sp³-hybridized carbons (Fsp3) is 0.520. The molecule has 1 saturated carbocycles. The lowest BCUT2D eigenvalue weighted by Gasteiger charge is -2.39. The van der Waals surface area contributed by atoms with Crippen LogP contribution in [0.5, 0.6) is 0 Å². The van der Waals surface area contributed by atoms with Gasteiger partial charge in [-0.2, -0.15) is 0 Å². The molecular weight excluding hydrogens is 438 g/mol. The number of fused-ring (bicyclic) bond motifs is 1. The Bertz CT molecular complexity index is 877. The first-order chi connectivity index (χ1) is 14.6. The van der Waals surface area contributed by atoms with Crippen molar-refractivity contribution in [3.8, 4) is 0 Å². The van der Waals surface area contributed by atoms with Gasteiger partial charge in [0.25, 0.3) is 0 Å². The van der Waals surface area contributed by atoms with Crippen molar-refractivity contribution in [2.75, 3.05) is 43.1 Å². The van der Waals surface area contributed by atoms with E-state index in [0.29, 0.717) is 0 Å². The molecule has 1 atom stereocenters. The number of ether oxygens (including phenoxy) is 1. The van der Waals surface area contributed by atoms with Crippen LogP contribution < -0.4 is 15.5 Å². The first kappa shape index (κ1) is 20.3. The SMILES string of the molecule is CC(OCC1(c2ccccc2)CCNCC1)c1cc(Br)cc2c1N(CC1CC1)CN2. The third kappa shape index (κ3) is 4.12. The summed E-state index contributed by atoms with van der Waals surface area (Å²) in [5.74, 6) is 0.863. The van der Waals surface area contributed by atoms with E-state index in [0.717, 1.165) is 56.1 Å². The Morgan fingerprint density at radius 3 is 2.67 bits per heavy atom. The van der Waals surface area contributed by atoms with Gasteiger partial charge in [0, 0.05) is 22.0 Å². The Labute approximate surface area is 188 Å². The second-order valence-corrected chi connectivity index (χ2v) is 10.2. The molecule has 4 nitrogen and oxygen atoms in total. The molecule has 3 aliphatic rings. The number of benzene rings is 2. The van der Waals surface area contributed by atoms with E-state index in [4.69, 9.17) is 4.74 Å². The number of rotatable bonds is 7. The average Bonchev–Trinajstić information content (AvgIpc) is 3.51. The van der Waals surface area contributed by atoms with Crippen molar-refractivity contribution < 1.29 is 4.74 Å². The van der Waals surface area contributed by atoms with E-state index < -0.39 is 0 Å². The van der Waals surface area contributed by atoms with Gasteiger partial charge in [0.1, 0.15) is 0 Å². The molecule has 1 saturated heterocycles. The molecular formula is C25H32BrN3O. The molecule has 30 heavy (non-hydrogen) atoms. The van der Waals surface area contributed by atoms with E-state index >= 15 is 0 Å². The lowest BCUT2D eigenvalue weighted by atomic mass is 9.74. The standard InChI is InChI=1S/C25H32BrN3O/c1-18(30-16-25(9-11-27-12-10-25)20-5-3-2-4-6-20)22-13-21(26)14-23-24(22)29(17-28-23)15-19-7-8-19/h2-6,13-14,18-19,27-28H,7-12,15-17H2,1H3. The van der Waals surface area contributed by atoms with Crippen molar-refractivity contribution in [1.82, 2.24) is 5.32 Å². The van der Waals surface area contributed by atoms with Crippen LogP contribution in [-0.4, -0.2) is 32.9 Å². The molecule has 2 aliphatic heterocycles. The maximum atomic E-state index is 6.67. The smallest absolute Gasteiger partial charge is 0.0877 e. The predicted octanol–water partition coefficient (Wildman–Crippen LogP) is 5.45. The first-order valence-electron chi connectivity index (χ1n) is 11.3. The minimum atomic E-state index is 0.0494. The Hall–Kier alpha value is -1.56. The fourth-order valence-electron chi connectivity index (χ4n) is 5.03. The first-order valence-corrected chi connectivity index (χ1v) is 12.1. The number of anilines is 2. The van der Waals surface area contributed by atoms with Gasteiger partial charge in [0.15, 0.2) is 0 Å². The molecule has 2 N–H and O–H groups in total. The van der Waals surface area contributed by atoms with E-state index in [-0.39, 0.29) is 11.5 Å². The Kier molecular flexibility index (Phi) is 5.78. The van der Waals surface area contributed by atoms with Gasteiger partial charge in [-0.25, -0.2) is 0 Å². The van der Waals surface area contributed by atoms with Gasteiger partial charge in [-0.1, -0.05) is 46.3 Å². The van der Waals surface area contributed by atoms with Crippen LogP contribution in [0.1, 0.15) is 49.8 Å². The monoisotopic (exact) mass is 469 g/mol. The quantitative estimate of drug-likeness (QED) is 0.565.